The smallest absolute Gasteiger partial charge is 0.334 e. The van der Waals surface area contributed by atoms with E-state index in [0.717, 1.165) is 12.1 Å². The second-order valence-electron chi connectivity index (χ2n) is 4.75. The summed E-state index contributed by atoms with van der Waals surface area (Å²) in [6.45, 7) is 6.69. The van der Waals surface area contributed by atoms with Crippen molar-refractivity contribution in [1.29, 1.82) is 0 Å². The SMILES string of the molecule is C=CC(=O)OC[N+](C)(C)CC.ClC=Cc1ccccc1. The molecule has 0 aromatic heterocycles. The number of nitrogens with zero attached hydrogens (tertiary/aromatic N) is 1. The number of rotatable bonds is 5. The van der Waals surface area contributed by atoms with Gasteiger partial charge < -0.3 is 4.74 Å². The Morgan fingerprint density at radius 3 is 2.40 bits per heavy atom. The van der Waals surface area contributed by atoms with Crippen LogP contribution in [0.15, 0.2) is 48.5 Å². The maximum absolute atomic E-state index is 10.6. The molecule has 0 aliphatic heterocycles. The number of quaternary nitrogens is 1. The van der Waals surface area contributed by atoms with Crippen molar-refractivity contribution >= 4 is 23.6 Å². The zero-order chi connectivity index (χ0) is 15.4. The predicted molar refractivity (Wildman–Crippen MR) is 85.1 cm³/mol. The van der Waals surface area contributed by atoms with Crippen LogP contribution in [0, 0.1) is 0 Å². The van der Waals surface area contributed by atoms with Gasteiger partial charge in [0.2, 0.25) is 6.73 Å². The number of benzene rings is 1. The second kappa shape index (κ2) is 10.2. The molecule has 0 fully saturated rings. The Kier molecular flexibility index (Phi) is 9.43. The van der Waals surface area contributed by atoms with E-state index in [4.69, 9.17) is 16.3 Å². The number of hydrogen-bond donors (Lipinski definition) is 0. The average Bonchev–Trinajstić information content (AvgIpc) is 2.47. The van der Waals surface area contributed by atoms with Crippen molar-refractivity contribution in [3.8, 4) is 0 Å². The van der Waals surface area contributed by atoms with Crippen LogP contribution in [0.5, 0.6) is 0 Å². The molecule has 0 saturated heterocycles. The van der Waals surface area contributed by atoms with Crippen LogP contribution in [0.4, 0.5) is 0 Å². The van der Waals surface area contributed by atoms with Crippen LogP contribution >= 0.6 is 11.6 Å². The molecule has 1 aromatic carbocycles. The van der Waals surface area contributed by atoms with Crippen LogP contribution in [0.25, 0.3) is 6.08 Å². The van der Waals surface area contributed by atoms with Crippen LogP contribution in [-0.2, 0) is 9.53 Å². The lowest BCUT2D eigenvalue weighted by Gasteiger charge is -2.26. The van der Waals surface area contributed by atoms with E-state index in [9.17, 15) is 4.79 Å². The molecular formula is C16H23ClNO2+. The zero-order valence-electron chi connectivity index (χ0n) is 12.4. The minimum absolute atomic E-state index is 0.357. The Balaban J connectivity index is 0.000000367. The van der Waals surface area contributed by atoms with Gasteiger partial charge in [-0.1, -0.05) is 48.5 Å². The topological polar surface area (TPSA) is 26.3 Å². The summed E-state index contributed by atoms with van der Waals surface area (Å²) in [5.41, 5.74) is 2.64. The average molecular weight is 297 g/mol. The molecule has 0 aliphatic rings. The van der Waals surface area contributed by atoms with Gasteiger partial charge in [0, 0.05) is 11.6 Å². The highest BCUT2D eigenvalue weighted by Gasteiger charge is 2.12. The van der Waals surface area contributed by atoms with Gasteiger partial charge in [-0.3, -0.25) is 4.48 Å². The van der Waals surface area contributed by atoms with Crippen LogP contribution in [0.3, 0.4) is 0 Å². The monoisotopic (exact) mass is 296 g/mol. The summed E-state index contributed by atoms with van der Waals surface area (Å²) in [4.78, 5) is 10.6. The summed E-state index contributed by atoms with van der Waals surface area (Å²) in [5, 5.41) is 0. The van der Waals surface area contributed by atoms with Crippen LogP contribution < -0.4 is 0 Å². The van der Waals surface area contributed by atoms with E-state index in [-0.39, 0.29) is 5.97 Å². The van der Waals surface area contributed by atoms with E-state index in [1.54, 1.807) is 0 Å². The Bertz CT molecular complexity index is 427. The Labute approximate surface area is 126 Å². The van der Waals surface area contributed by atoms with Gasteiger partial charge in [0.25, 0.3) is 0 Å². The molecule has 0 amide bonds. The lowest BCUT2D eigenvalue weighted by atomic mass is 10.2. The van der Waals surface area contributed by atoms with Crippen molar-refractivity contribution in [2.24, 2.45) is 0 Å². The molecular weight excluding hydrogens is 274 g/mol. The third kappa shape index (κ3) is 9.36. The molecule has 3 nitrogen and oxygen atoms in total. The number of halogens is 1. The van der Waals surface area contributed by atoms with Crippen molar-refractivity contribution in [2.75, 3.05) is 27.4 Å². The number of carbonyl (C=O) groups is 1. The minimum Gasteiger partial charge on any atom is -0.412 e. The quantitative estimate of drug-likeness (QED) is 0.359. The lowest BCUT2D eigenvalue weighted by Crippen LogP contribution is -2.41. The molecule has 0 atom stereocenters. The summed E-state index contributed by atoms with van der Waals surface area (Å²) in [7, 11) is 3.99. The summed E-state index contributed by atoms with van der Waals surface area (Å²) >= 11 is 5.36. The first-order chi connectivity index (χ1) is 9.45. The van der Waals surface area contributed by atoms with Gasteiger partial charge in [-0.25, -0.2) is 4.79 Å². The third-order valence-corrected chi connectivity index (χ3v) is 2.76. The molecule has 0 unspecified atom stereocenters. The highest BCUT2D eigenvalue weighted by Crippen LogP contribution is 2.00. The van der Waals surface area contributed by atoms with Gasteiger partial charge in [0.1, 0.15) is 0 Å². The number of esters is 1. The van der Waals surface area contributed by atoms with Crippen LogP contribution in [-0.4, -0.2) is 37.8 Å². The second-order valence-corrected chi connectivity index (χ2v) is 5.00. The Morgan fingerprint density at radius 2 is 1.95 bits per heavy atom. The number of ether oxygens (including phenoxy) is 1. The third-order valence-electron chi connectivity index (χ3n) is 2.63. The summed E-state index contributed by atoms with van der Waals surface area (Å²) in [6.07, 6.45) is 3.03. The first-order valence-corrected chi connectivity index (χ1v) is 6.82. The van der Waals surface area contributed by atoms with E-state index >= 15 is 0 Å². The standard InChI is InChI=1S/C8H7Cl.C8H16NO2/c9-7-6-8-4-2-1-3-5-8;1-5-8(10)11-7-9(3,4)6-2/h1-7H;5H,1,6-7H2,2-4H3/q;+1. The van der Waals surface area contributed by atoms with Gasteiger partial charge in [-0.05, 0) is 18.6 Å². The molecule has 4 heteroatoms. The fraction of sp³-hybridized carbons (Fsp3) is 0.312. The molecule has 0 heterocycles. The maximum atomic E-state index is 10.6. The molecule has 1 aromatic rings. The van der Waals surface area contributed by atoms with E-state index in [2.05, 4.69) is 6.58 Å². The Hall–Kier alpha value is -1.58. The van der Waals surface area contributed by atoms with Gasteiger partial charge in [-0.2, -0.15) is 0 Å². The van der Waals surface area contributed by atoms with Crippen LogP contribution in [0.2, 0.25) is 0 Å². The molecule has 110 valence electrons. The molecule has 0 saturated carbocycles. The first-order valence-electron chi connectivity index (χ1n) is 6.38. The lowest BCUT2D eigenvalue weighted by molar-refractivity contribution is -0.905. The zero-order valence-corrected chi connectivity index (χ0v) is 13.1. The molecule has 0 radical (unpaired) electrons. The summed E-state index contributed by atoms with van der Waals surface area (Å²) < 4.78 is 5.54. The van der Waals surface area contributed by atoms with Crippen LogP contribution in [0.1, 0.15) is 12.5 Å². The highest BCUT2D eigenvalue weighted by molar-refractivity contribution is 6.27. The molecule has 0 N–H and O–H groups in total. The first kappa shape index (κ1) is 18.4. The van der Waals surface area contributed by atoms with E-state index in [1.165, 1.54) is 11.6 Å². The Morgan fingerprint density at radius 1 is 1.35 bits per heavy atom. The fourth-order valence-electron chi connectivity index (χ4n) is 1.03. The van der Waals surface area contributed by atoms with Gasteiger partial charge in [-0.15, -0.1) is 0 Å². The van der Waals surface area contributed by atoms with Crippen molar-refractivity contribution in [3.05, 3.63) is 54.1 Å². The van der Waals surface area contributed by atoms with Crippen molar-refractivity contribution in [1.82, 2.24) is 0 Å². The van der Waals surface area contributed by atoms with E-state index in [0.29, 0.717) is 11.2 Å². The van der Waals surface area contributed by atoms with Crippen molar-refractivity contribution in [3.63, 3.8) is 0 Å². The summed E-state index contributed by atoms with van der Waals surface area (Å²) in [6, 6.07) is 9.93. The van der Waals surface area contributed by atoms with E-state index in [1.807, 2.05) is 57.4 Å². The molecule has 0 spiro atoms. The van der Waals surface area contributed by atoms with E-state index < -0.39 is 0 Å². The molecule has 0 aliphatic carbocycles. The molecule has 20 heavy (non-hydrogen) atoms. The maximum Gasteiger partial charge on any atom is 0.334 e. The van der Waals surface area contributed by atoms with Gasteiger partial charge in [0.15, 0.2) is 0 Å². The minimum atomic E-state index is -0.357. The number of carbonyl (C=O) groups excluding carboxylic acids is 1. The van der Waals surface area contributed by atoms with Crippen molar-refractivity contribution < 1.29 is 14.0 Å². The molecule has 0 bridgehead atoms. The largest absolute Gasteiger partial charge is 0.412 e. The van der Waals surface area contributed by atoms with Gasteiger partial charge in [0.05, 0.1) is 20.6 Å². The van der Waals surface area contributed by atoms with Crippen molar-refractivity contribution in [2.45, 2.75) is 6.92 Å². The van der Waals surface area contributed by atoms with Gasteiger partial charge >= 0.3 is 5.97 Å². The fourth-order valence-corrected chi connectivity index (χ4v) is 1.17. The predicted octanol–water partition coefficient (Wildman–Crippen LogP) is 3.67. The number of hydrogen-bond acceptors (Lipinski definition) is 2. The molecule has 1 rings (SSSR count). The highest BCUT2D eigenvalue weighted by atomic mass is 35.5. The summed E-state index contributed by atoms with van der Waals surface area (Å²) in [5.74, 6) is -0.357. The normalized spacial score (nSPS) is 10.6.